The number of carbonyl (C=O) groups excluding carboxylic acids is 2. The van der Waals surface area contributed by atoms with Crippen LogP contribution in [0.5, 0.6) is 0 Å². The lowest BCUT2D eigenvalue weighted by Gasteiger charge is -2.15. The summed E-state index contributed by atoms with van der Waals surface area (Å²) in [5.41, 5.74) is 0. The summed E-state index contributed by atoms with van der Waals surface area (Å²) in [6.07, 6.45) is 82.7. The van der Waals surface area contributed by atoms with E-state index in [1.807, 2.05) is 0 Å². The van der Waals surface area contributed by atoms with E-state index in [2.05, 4.69) is 62.5 Å². The van der Waals surface area contributed by atoms with Crippen molar-refractivity contribution in [1.82, 2.24) is 0 Å². The van der Waals surface area contributed by atoms with Gasteiger partial charge in [0.2, 0.25) is 0 Å². The first-order valence-electron chi connectivity index (χ1n) is 31.7. The van der Waals surface area contributed by atoms with Crippen molar-refractivity contribution in [1.29, 1.82) is 0 Å². The van der Waals surface area contributed by atoms with Gasteiger partial charge in [0.25, 0.3) is 0 Å². The molecule has 0 amide bonds. The van der Waals surface area contributed by atoms with Gasteiger partial charge in [0.05, 0.1) is 6.61 Å². The summed E-state index contributed by atoms with van der Waals surface area (Å²) in [6, 6.07) is 0. The predicted molar refractivity (Wildman–Crippen MR) is 311 cm³/mol. The number of hydrogen-bond acceptors (Lipinski definition) is 5. The van der Waals surface area contributed by atoms with Crippen molar-refractivity contribution < 1.29 is 24.2 Å². The molecule has 0 aromatic carbocycles. The summed E-state index contributed by atoms with van der Waals surface area (Å²) < 4.78 is 10.7. The minimum Gasteiger partial charge on any atom is -0.462 e. The molecule has 0 aromatic heterocycles. The second kappa shape index (κ2) is 62.2. The predicted octanol–water partition coefficient (Wildman–Crippen LogP) is 21.6. The van der Waals surface area contributed by atoms with Crippen LogP contribution in [0.25, 0.3) is 0 Å². The SMILES string of the molecule is CCCCCCC/C=C\C/C=C\C/C=C\CCCCCCCCCCCCCCCCCCCCCCCCCCCCC(=O)OC(CO)COC(=O)CCCCCCC/C=C\CCCCCCCCC. The Kier molecular flexibility index (Phi) is 60.3. The van der Waals surface area contributed by atoms with Crippen LogP contribution in [0.2, 0.25) is 0 Å². The summed E-state index contributed by atoms with van der Waals surface area (Å²) in [5, 5.41) is 9.65. The van der Waals surface area contributed by atoms with E-state index in [1.54, 1.807) is 0 Å². The number of allylic oxidation sites excluding steroid dienone is 8. The standard InChI is InChI=1S/C66H122O5/c1-3-5-7-9-11-13-15-17-19-21-22-23-24-25-26-27-28-29-30-31-32-33-34-35-36-37-38-39-40-41-42-43-44-45-47-49-51-53-55-57-59-61-66(69)71-64(62-67)63-70-65(68)60-58-56-54-52-50-48-46-20-18-16-14-12-10-8-6-4-2/h15,17,20-22,24-25,46,64,67H,3-14,16,18-19,23,26-45,47-63H2,1-2H3/b17-15-,22-21-,25-24-,46-20-. The number of ether oxygens (including phenoxy) is 2. The van der Waals surface area contributed by atoms with Crippen LogP contribution in [0.1, 0.15) is 341 Å². The monoisotopic (exact) mass is 995 g/mol. The van der Waals surface area contributed by atoms with Crippen molar-refractivity contribution in [2.24, 2.45) is 0 Å². The minimum absolute atomic E-state index is 0.0657. The Balaban J connectivity index is 3.38. The topological polar surface area (TPSA) is 72.8 Å². The van der Waals surface area contributed by atoms with Crippen LogP contribution < -0.4 is 0 Å². The van der Waals surface area contributed by atoms with E-state index in [0.717, 1.165) is 57.8 Å². The van der Waals surface area contributed by atoms with E-state index in [4.69, 9.17) is 9.47 Å². The highest BCUT2D eigenvalue weighted by atomic mass is 16.6. The maximum Gasteiger partial charge on any atom is 0.306 e. The van der Waals surface area contributed by atoms with Crippen LogP contribution in [0.15, 0.2) is 48.6 Å². The zero-order chi connectivity index (χ0) is 51.3. The zero-order valence-corrected chi connectivity index (χ0v) is 47.8. The highest BCUT2D eigenvalue weighted by Crippen LogP contribution is 2.18. The molecule has 0 saturated carbocycles. The average Bonchev–Trinajstić information content (AvgIpc) is 3.37. The summed E-state index contributed by atoms with van der Waals surface area (Å²) >= 11 is 0. The molecule has 1 unspecified atom stereocenters. The molecule has 0 aliphatic rings. The van der Waals surface area contributed by atoms with Crippen LogP contribution in [0.3, 0.4) is 0 Å². The Labute approximate surface area is 443 Å². The Morgan fingerprint density at radius 1 is 0.324 bits per heavy atom. The van der Waals surface area contributed by atoms with Crippen LogP contribution in [-0.4, -0.2) is 36.4 Å². The van der Waals surface area contributed by atoms with Crippen LogP contribution in [-0.2, 0) is 19.1 Å². The zero-order valence-electron chi connectivity index (χ0n) is 47.8. The summed E-state index contributed by atoms with van der Waals surface area (Å²) in [4.78, 5) is 24.5. The molecule has 0 radical (unpaired) electrons. The highest BCUT2D eigenvalue weighted by Gasteiger charge is 2.16. The van der Waals surface area contributed by atoms with Gasteiger partial charge in [-0.1, -0.05) is 300 Å². The molecule has 71 heavy (non-hydrogen) atoms. The van der Waals surface area contributed by atoms with E-state index in [1.165, 1.54) is 257 Å². The molecule has 0 spiro atoms. The first-order valence-corrected chi connectivity index (χ1v) is 31.7. The Hall–Kier alpha value is -2.14. The van der Waals surface area contributed by atoms with Crippen LogP contribution in [0.4, 0.5) is 0 Å². The molecular weight excluding hydrogens is 873 g/mol. The van der Waals surface area contributed by atoms with Gasteiger partial charge in [-0.25, -0.2) is 0 Å². The molecule has 1 N–H and O–H groups in total. The molecule has 0 bridgehead atoms. The third-order valence-electron chi connectivity index (χ3n) is 14.3. The molecule has 0 heterocycles. The second-order valence-corrected chi connectivity index (χ2v) is 21.5. The van der Waals surface area contributed by atoms with Crippen molar-refractivity contribution in [2.45, 2.75) is 347 Å². The van der Waals surface area contributed by atoms with Gasteiger partial charge >= 0.3 is 11.9 Å². The van der Waals surface area contributed by atoms with E-state index in [0.29, 0.717) is 12.8 Å². The average molecular weight is 996 g/mol. The fourth-order valence-electron chi connectivity index (χ4n) is 9.56. The van der Waals surface area contributed by atoms with E-state index >= 15 is 0 Å². The third kappa shape index (κ3) is 60.3. The molecule has 0 saturated heterocycles. The Morgan fingerprint density at radius 2 is 0.563 bits per heavy atom. The maximum absolute atomic E-state index is 12.3. The number of hydrogen-bond donors (Lipinski definition) is 1. The number of esters is 2. The largest absolute Gasteiger partial charge is 0.462 e. The molecule has 5 nitrogen and oxygen atoms in total. The summed E-state index contributed by atoms with van der Waals surface area (Å²) in [7, 11) is 0. The fourth-order valence-corrected chi connectivity index (χ4v) is 9.56. The van der Waals surface area contributed by atoms with Crippen molar-refractivity contribution in [3.05, 3.63) is 48.6 Å². The van der Waals surface area contributed by atoms with Gasteiger partial charge in [-0.2, -0.15) is 0 Å². The van der Waals surface area contributed by atoms with E-state index in [-0.39, 0.29) is 25.2 Å². The first kappa shape index (κ1) is 68.9. The molecule has 1 atom stereocenters. The van der Waals surface area contributed by atoms with Crippen molar-refractivity contribution in [3.63, 3.8) is 0 Å². The lowest BCUT2D eigenvalue weighted by Crippen LogP contribution is -2.28. The molecule has 0 aliphatic carbocycles. The van der Waals surface area contributed by atoms with Gasteiger partial charge in [0.1, 0.15) is 6.61 Å². The number of carbonyl (C=O) groups is 2. The maximum atomic E-state index is 12.3. The lowest BCUT2D eigenvalue weighted by atomic mass is 10.0. The molecule has 0 fully saturated rings. The van der Waals surface area contributed by atoms with Gasteiger partial charge < -0.3 is 14.6 Å². The highest BCUT2D eigenvalue weighted by molar-refractivity contribution is 5.70. The van der Waals surface area contributed by atoms with Gasteiger partial charge in [-0.15, -0.1) is 0 Å². The summed E-state index contributed by atoms with van der Waals surface area (Å²) in [5.74, 6) is -0.584. The molecule has 416 valence electrons. The van der Waals surface area contributed by atoms with Crippen molar-refractivity contribution in [2.75, 3.05) is 13.2 Å². The van der Waals surface area contributed by atoms with Crippen LogP contribution >= 0.6 is 0 Å². The fraction of sp³-hybridized carbons (Fsp3) is 0.848. The molecule has 0 aliphatic heterocycles. The van der Waals surface area contributed by atoms with Gasteiger partial charge in [-0.05, 0) is 77.0 Å². The van der Waals surface area contributed by atoms with Crippen LogP contribution in [0, 0.1) is 0 Å². The second-order valence-electron chi connectivity index (χ2n) is 21.5. The Morgan fingerprint density at radius 3 is 0.859 bits per heavy atom. The lowest BCUT2D eigenvalue weighted by molar-refractivity contribution is -0.161. The number of unbranched alkanes of at least 4 members (excludes halogenated alkanes) is 43. The normalized spacial score (nSPS) is 12.4. The first-order chi connectivity index (χ1) is 35.1. The van der Waals surface area contributed by atoms with Crippen molar-refractivity contribution in [3.8, 4) is 0 Å². The van der Waals surface area contributed by atoms with Crippen molar-refractivity contribution >= 4 is 11.9 Å². The minimum atomic E-state index is -0.773. The third-order valence-corrected chi connectivity index (χ3v) is 14.3. The smallest absolute Gasteiger partial charge is 0.306 e. The molecule has 0 rings (SSSR count). The molecule has 0 aromatic rings. The molecule has 5 heteroatoms. The van der Waals surface area contributed by atoms with E-state index in [9.17, 15) is 14.7 Å². The number of aliphatic hydroxyl groups is 1. The van der Waals surface area contributed by atoms with Gasteiger partial charge in [0.15, 0.2) is 6.10 Å². The molecular formula is C66H122O5. The van der Waals surface area contributed by atoms with E-state index < -0.39 is 6.10 Å². The van der Waals surface area contributed by atoms with Gasteiger partial charge in [0, 0.05) is 12.8 Å². The van der Waals surface area contributed by atoms with Gasteiger partial charge in [-0.3, -0.25) is 9.59 Å². The summed E-state index contributed by atoms with van der Waals surface area (Å²) in [6.45, 7) is 4.15. The quantitative estimate of drug-likeness (QED) is 0.0373. The number of aliphatic hydroxyl groups excluding tert-OH is 1. The Bertz CT molecular complexity index is 1170. The number of rotatable bonds is 59.